The number of aromatic hydroxyl groups is 2. The maximum absolute atomic E-state index is 12.2. The van der Waals surface area contributed by atoms with E-state index in [-0.39, 0.29) is 17.5 Å². The van der Waals surface area contributed by atoms with Crippen molar-refractivity contribution in [1.82, 2.24) is 0 Å². The Hall–Kier alpha value is -4.26. The topological polar surface area (TPSA) is 104 Å². The molecular formula is C26H22N2O5. The molecule has 1 aliphatic heterocycles. The molecule has 2 heterocycles. The molecule has 5 rings (SSSR count). The molecule has 1 unspecified atom stereocenters. The highest BCUT2D eigenvalue weighted by Gasteiger charge is 2.26. The van der Waals surface area contributed by atoms with Crippen molar-refractivity contribution in [3.63, 3.8) is 0 Å². The lowest BCUT2D eigenvalue weighted by Gasteiger charge is -2.20. The van der Waals surface area contributed by atoms with Crippen LogP contribution in [0.2, 0.25) is 0 Å². The number of ether oxygens (including phenoxy) is 1. The van der Waals surface area contributed by atoms with E-state index in [1.54, 1.807) is 24.3 Å². The van der Waals surface area contributed by atoms with Crippen LogP contribution in [0, 0.1) is 6.92 Å². The number of phenolic OH excluding ortho intramolecular Hbond substituents is 2. The molecule has 33 heavy (non-hydrogen) atoms. The van der Waals surface area contributed by atoms with Gasteiger partial charge in [-0.25, -0.2) is 4.79 Å². The molecule has 1 atom stereocenters. The summed E-state index contributed by atoms with van der Waals surface area (Å²) in [6.07, 6.45) is 0.366. The third-order valence-electron chi connectivity index (χ3n) is 5.88. The average molecular weight is 442 g/mol. The molecule has 0 spiro atoms. The zero-order valence-corrected chi connectivity index (χ0v) is 18.1. The normalized spacial score (nSPS) is 15.3. The minimum absolute atomic E-state index is 0.0225. The maximum Gasteiger partial charge on any atom is 0.336 e. The maximum atomic E-state index is 12.2. The second-order valence-electron chi connectivity index (χ2n) is 7.99. The van der Waals surface area contributed by atoms with E-state index in [1.807, 2.05) is 37.3 Å². The number of para-hydroxylation sites is 2. The fourth-order valence-corrected chi connectivity index (χ4v) is 4.25. The van der Waals surface area contributed by atoms with Crippen molar-refractivity contribution in [3.05, 3.63) is 87.8 Å². The molecule has 0 amide bonds. The highest BCUT2D eigenvalue weighted by molar-refractivity contribution is 6.13. The highest BCUT2D eigenvalue weighted by Crippen LogP contribution is 2.40. The molecule has 4 aromatic rings. The summed E-state index contributed by atoms with van der Waals surface area (Å²) in [5.41, 5.74) is 3.83. The number of phenols is 2. The van der Waals surface area contributed by atoms with E-state index in [2.05, 4.69) is 5.32 Å². The first-order valence-electron chi connectivity index (χ1n) is 10.5. The molecule has 0 radical (unpaired) electrons. The second-order valence-corrected chi connectivity index (χ2v) is 7.99. The first kappa shape index (κ1) is 20.6. The van der Waals surface area contributed by atoms with Gasteiger partial charge < -0.3 is 24.7 Å². The van der Waals surface area contributed by atoms with Crippen molar-refractivity contribution in [2.75, 3.05) is 12.4 Å². The average Bonchev–Trinajstić information content (AvgIpc) is 2.98. The number of anilines is 1. The van der Waals surface area contributed by atoms with Crippen LogP contribution in [0.4, 0.5) is 11.4 Å². The van der Waals surface area contributed by atoms with Crippen molar-refractivity contribution >= 4 is 28.1 Å². The summed E-state index contributed by atoms with van der Waals surface area (Å²) in [5, 5.41) is 25.4. The summed E-state index contributed by atoms with van der Waals surface area (Å²) < 4.78 is 10.7. The van der Waals surface area contributed by atoms with E-state index in [4.69, 9.17) is 14.1 Å². The van der Waals surface area contributed by atoms with Crippen LogP contribution in [0.15, 0.2) is 74.9 Å². The molecule has 7 heteroatoms. The molecular weight excluding hydrogens is 420 g/mol. The van der Waals surface area contributed by atoms with Crippen LogP contribution in [-0.2, 0) is 0 Å². The lowest BCUT2D eigenvalue weighted by Crippen LogP contribution is -2.15. The van der Waals surface area contributed by atoms with Gasteiger partial charge in [-0.1, -0.05) is 18.2 Å². The van der Waals surface area contributed by atoms with Crippen molar-refractivity contribution in [1.29, 1.82) is 0 Å². The number of methoxy groups -OCH3 is 1. The predicted octanol–water partition coefficient (Wildman–Crippen LogP) is 5.20. The van der Waals surface area contributed by atoms with Crippen LogP contribution < -0.4 is 15.7 Å². The van der Waals surface area contributed by atoms with Gasteiger partial charge in [0, 0.05) is 17.9 Å². The molecule has 1 aromatic heterocycles. The van der Waals surface area contributed by atoms with E-state index < -0.39 is 5.63 Å². The van der Waals surface area contributed by atoms with Crippen LogP contribution in [0.5, 0.6) is 17.2 Å². The van der Waals surface area contributed by atoms with Gasteiger partial charge in [0.15, 0.2) is 17.1 Å². The Balaban J connectivity index is 1.72. The standard InChI is InChI=1S/C26H22N2O5/c1-14-11-24(31)33-26-16(14)8-9-21(29)25(26)20-13-19(15-7-10-23(32-2)22(30)12-15)27-17-5-3-4-6-18(17)28-20/h3-12,19,27,29-30H,13H2,1-2H3. The number of nitrogens with zero attached hydrogens (tertiary/aromatic N) is 1. The Morgan fingerprint density at radius 1 is 1.06 bits per heavy atom. The summed E-state index contributed by atoms with van der Waals surface area (Å²) in [4.78, 5) is 17.0. The zero-order valence-electron chi connectivity index (χ0n) is 18.1. The molecule has 0 aliphatic carbocycles. The van der Waals surface area contributed by atoms with Crippen molar-refractivity contribution in [2.45, 2.75) is 19.4 Å². The molecule has 1 aliphatic rings. The van der Waals surface area contributed by atoms with Crippen LogP contribution in [-0.4, -0.2) is 23.0 Å². The largest absolute Gasteiger partial charge is 0.507 e. The molecule has 0 saturated carbocycles. The highest BCUT2D eigenvalue weighted by atomic mass is 16.5. The monoisotopic (exact) mass is 442 g/mol. The lowest BCUT2D eigenvalue weighted by molar-refractivity contribution is 0.373. The molecule has 0 bridgehead atoms. The van der Waals surface area contributed by atoms with E-state index in [0.717, 1.165) is 22.2 Å². The van der Waals surface area contributed by atoms with Crippen molar-refractivity contribution < 1.29 is 19.4 Å². The second kappa shape index (κ2) is 8.02. The van der Waals surface area contributed by atoms with Crippen molar-refractivity contribution in [3.8, 4) is 17.2 Å². The number of fused-ring (bicyclic) bond motifs is 2. The number of hydrogen-bond donors (Lipinski definition) is 3. The van der Waals surface area contributed by atoms with Crippen LogP contribution >= 0.6 is 0 Å². The smallest absolute Gasteiger partial charge is 0.336 e. The van der Waals surface area contributed by atoms with E-state index in [0.29, 0.717) is 34.7 Å². The molecule has 166 valence electrons. The van der Waals surface area contributed by atoms with Crippen molar-refractivity contribution in [2.24, 2.45) is 4.99 Å². The number of aliphatic imine (C=N–C) groups is 1. The molecule has 3 aromatic carbocycles. The van der Waals surface area contributed by atoms with Gasteiger partial charge in [0.05, 0.1) is 35.8 Å². The number of hydrogen-bond acceptors (Lipinski definition) is 7. The third-order valence-corrected chi connectivity index (χ3v) is 5.88. The quantitative estimate of drug-likeness (QED) is 0.377. The number of aryl methyl sites for hydroxylation is 1. The molecule has 0 saturated heterocycles. The summed E-state index contributed by atoms with van der Waals surface area (Å²) in [6.45, 7) is 1.83. The fraction of sp³-hybridized carbons (Fsp3) is 0.154. The van der Waals surface area contributed by atoms with Gasteiger partial charge in [-0.2, -0.15) is 0 Å². The van der Waals surface area contributed by atoms with Gasteiger partial charge in [-0.15, -0.1) is 0 Å². The Kier molecular flexibility index (Phi) is 5.01. The zero-order chi connectivity index (χ0) is 23.1. The Labute approximate surface area is 189 Å². The summed E-state index contributed by atoms with van der Waals surface area (Å²) >= 11 is 0. The molecule has 7 nitrogen and oxygen atoms in total. The van der Waals surface area contributed by atoms with Gasteiger partial charge in [-0.3, -0.25) is 4.99 Å². The Morgan fingerprint density at radius 3 is 2.67 bits per heavy atom. The summed E-state index contributed by atoms with van der Waals surface area (Å²) in [6, 6.07) is 17.3. The van der Waals surface area contributed by atoms with Gasteiger partial charge in [0.1, 0.15) is 5.75 Å². The number of rotatable bonds is 3. The Morgan fingerprint density at radius 2 is 1.88 bits per heavy atom. The lowest BCUT2D eigenvalue weighted by atomic mass is 9.94. The van der Waals surface area contributed by atoms with E-state index in [9.17, 15) is 15.0 Å². The summed E-state index contributed by atoms with van der Waals surface area (Å²) in [5.74, 6) is 0.388. The van der Waals surface area contributed by atoms with Gasteiger partial charge in [-0.05, 0) is 54.4 Å². The third kappa shape index (κ3) is 3.67. The van der Waals surface area contributed by atoms with Crippen LogP contribution in [0.25, 0.3) is 11.0 Å². The number of nitrogens with one attached hydrogen (secondary N) is 1. The van der Waals surface area contributed by atoms with Gasteiger partial charge >= 0.3 is 5.63 Å². The van der Waals surface area contributed by atoms with Crippen LogP contribution in [0.1, 0.15) is 29.2 Å². The molecule has 0 fully saturated rings. The predicted molar refractivity (Wildman–Crippen MR) is 127 cm³/mol. The number of benzene rings is 3. The summed E-state index contributed by atoms with van der Waals surface area (Å²) in [7, 11) is 1.50. The van der Waals surface area contributed by atoms with Gasteiger partial charge in [0.25, 0.3) is 0 Å². The molecule has 3 N–H and O–H groups in total. The first-order valence-corrected chi connectivity index (χ1v) is 10.5. The minimum atomic E-state index is -0.490. The van der Waals surface area contributed by atoms with E-state index in [1.165, 1.54) is 13.2 Å². The first-order chi connectivity index (χ1) is 15.9. The van der Waals surface area contributed by atoms with Gasteiger partial charge in [0.2, 0.25) is 0 Å². The van der Waals surface area contributed by atoms with Crippen LogP contribution in [0.3, 0.4) is 0 Å². The SMILES string of the molecule is COc1ccc(C2CC(c3c(O)ccc4c(C)cc(=O)oc34)=Nc3ccccc3N2)cc1O. The van der Waals surface area contributed by atoms with E-state index >= 15 is 0 Å². The fourth-order valence-electron chi connectivity index (χ4n) is 4.25. The Bertz CT molecular complexity index is 1470. The minimum Gasteiger partial charge on any atom is -0.507 e.